The van der Waals surface area contributed by atoms with Gasteiger partial charge >= 0.3 is 0 Å². The van der Waals surface area contributed by atoms with Gasteiger partial charge in [-0.2, -0.15) is 0 Å². The molecule has 0 aromatic heterocycles. The van der Waals surface area contributed by atoms with Crippen LogP contribution in [0.1, 0.15) is 79.8 Å². The summed E-state index contributed by atoms with van der Waals surface area (Å²) in [6.07, 6.45) is 2.48. The highest BCUT2D eigenvalue weighted by molar-refractivity contribution is 5.43. The van der Waals surface area contributed by atoms with E-state index in [1.54, 1.807) is 0 Å². The van der Waals surface area contributed by atoms with Crippen LogP contribution in [0.2, 0.25) is 0 Å². The lowest BCUT2D eigenvalue weighted by Crippen LogP contribution is -2.15. The molecule has 2 aromatic carbocycles. The Kier molecular flexibility index (Phi) is 6.14. The van der Waals surface area contributed by atoms with Gasteiger partial charge < -0.3 is 0 Å². The Morgan fingerprint density at radius 3 is 1.56 bits per heavy atom. The molecule has 1 atom stereocenters. The summed E-state index contributed by atoms with van der Waals surface area (Å²) in [6.45, 7) is 18.4. The molecule has 0 bridgehead atoms. The van der Waals surface area contributed by atoms with Gasteiger partial charge in [-0.3, -0.25) is 0 Å². The fourth-order valence-corrected chi connectivity index (χ4v) is 4.39. The van der Waals surface area contributed by atoms with Crippen molar-refractivity contribution in [2.45, 2.75) is 74.1 Å². The van der Waals surface area contributed by atoms with Gasteiger partial charge in [0.05, 0.1) is 0 Å². The fraction of sp³-hybridized carbons (Fsp3) is 0.520. The van der Waals surface area contributed by atoms with Gasteiger partial charge in [0.25, 0.3) is 0 Å². The summed E-state index contributed by atoms with van der Waals surface area (Å²) in [5, 5.41) is 0. The molecule has 0 heterocycles. The third-order valence-electron chi connectivity index (χ3n) is 5.20. The van der Waals surface area contributed by atoms with Crippen molar-refractivity contribution in [3.63, 3.8) is 0 Å². The van der Waals surface area contributed by atoms with E-state index in [-0.39, 0.29) is 0 Å². The summed E-state index contributed by atoms with van der Waals surface area (Å²) < 4.78 is 0. The van der Waals surface area contributed by atoms with Crippen LogP contribution in [0, 0.1) is 39.0 Å². The molecular weight excluding hydrogens is 300 g/mol. The van der Waals surface area contributed by atoms with Crippen LogP contribution < -0.4 is 0 Å². The van der Waals surface area contributed by atoms with E-state index < -0.39 is 0 Å². The molecule has 0 aliphatic rings. The lowest BCUT2D eigenvalue weighted by molar-refractivity contribution is 0.290. The van der Waals surface area contributed by atoms with E-state index >= 15 is 0 Å². The molecule has 1 unspecified atom stereocenters. The monoisotopic (exact) mass is 336 g/mol. The zero-order valence-electron chi connectivity index (χ0n) is 17.5. The highest BCUT2D eigenvalue weighted by Gasteiger charge is 2.23. The van der Waals surface area contributed by atoms with E-state index in [1.165, 1.54) is 46.2 Å². The molecule has 0 saturated heterocycles. The van der Waals surface area contributed by atoms with Crippen LogP contribution in [0.3, 0.4) is 0 Å². The van der Waals surface area contributed by atoms with E-state index in [1.807, 2.05) is 0 Å². The quantitative estimate of drug-likeness (QED) is 0.530. The molecule has 0 spiro atoms. The summed E-state index contributed by atoms with van der Waals surface area (Å²) >= 11 is 0. The van der Waals surface area contributed by atoms with Crippen molar-refractivity contribution in [2.75, 3.05) is 0 Å². The first-order valence-corrected chi connectivity index (χ1v) is 9.71. The van der Waals surface area contributed by atoms with Crippen LogP contribution in [-0.4, -0.2) is 0 Å². The zero-order chi connectivity index (χ0) is 18.8. The summed E-state index contributed by atoms with van der Waals surface area (Å²) in [6, 6.07) is 13.9. The van der Waals surface area contributed by atoms with E-state index in [2.05, 4.69) is 91.8 Å². The molecule has 25 heavy (non-hydrogen) atoms. The molecule has 0 heteroatoms. The topological polar surface area (TPSA) is 0 Å². The number of rotatable bonds is 5. The summed E-state index contributed by atoms with van der Waals surface area (Å²) in [4.78, 5) is 0. The second-order valence-electron chi connectivity index (χ2n) is 9.38. The SMILES string of the molecule is Cc1ccc(C(CC(C)CC(C)(C)C)c2ccc(C)cc2C)c(C)c1. The molecule has 136 valence electrons. The van der Waals surface area contributed by atoms with Gasteiger partial charge in [0.1, 0.15) is 0 Å². The van der Waals surface area contributed by atoms with Crippen molar-refractivity contribution in [1.82, 2.24) is 0 Å². The molecule has 0 amide bonds. The maximum absolute atomic E-state index is 2.42. The summed E-state index contributed by atoms with van der Waals surface area (Å²) in [5.74, 6) is 1.19. The molecule has 0 fully saturated rings. The van der Waals surface area contributed by atoms with Gasteiger partial charge in [0, 0.05) is 5.92 Å². The third-order valence-corrected chi connectivity index (χ3v) is 5.20. The first-order valence-electron chi connectivity index (χ1n) is 9.71. The molecule has 0 N–H and O–H groups in total. The molecule has 0 saturated carbocycles. The van der Waals surface area contributed by atoms with Crippen LogP contribution >= 0.6 is 0 Å². The molecule has 0 aliphatic heterocycles. The number of hydrogen-bond acceptors (Lipinski definition) is 0. The van der Waals surface area contributed by atoms with Crippen LogP contribution in [0.5, 0.6) is 0 Å². The maximum atomic E-state index is 2.42. The molecule has 0 radical (unpaired) electrons. The van der Waals surface area contributed by atoms with Crippen molar-refractivity contribution in [1.29, 1.82) is 0 Å². The van der Waals surface area contributed by atoms with Gasteiger partial charge in [-0.1, -0.05) is 75.2 Å². The normalized spacial score (nSPS) is 13.3. The lowest BCUT2D eigenvalue weighted by atomic mass is 9.76. The maximum Gasteiger partial charge on any atom is 0.00971 e. The third kappa shape index (κ3) is 5.46. The zero-order valence-corrected chi connectivity index (χ0v) is 17.5. The molecule has 2 aromatic rings. The first-order chi connectivity index (χ1) is 11.6. The minimum atomic E-state index is 0.384. The Balaban J connectivity index is 2.44. The Bertz CT molecular complexity index is 664. The second kappa shape index (κ2) is 7.77. The van der Waals surface area contributed by atoms with Crippen molar-refractivity contribution in [3.05, 3.63) is 69.8 Å². The van der Waals surface area contributed by atoms with Gasteiger partial charge in [0.15, 0.2) is 0 Å². The van der Waals surface area contributed by atoms with Gasteiger partial charge in [-0.25, -0.2) is 0 Å². The fourth-order valence-electron chi connectivity index (χ4n) is 4.39. The second-order valence-corrected chi connectivity index (χ2v) is 9.38. The molecule has 0 aliphatic carbocycles. The van der Waals surface area contributed by atoms with Crippen molar-refractivity contribution in [3.8, 4) is 0 Å². The van der Waals surface area contributed by atoms with E-state index in [9.17, 15) is 0 Å². The molecule has 0 nitrogen and oxygen atoms in total. The first kappa shape index (κ1) is 19.8. The predicted molar refractivity (Wildman–Crippen MR) is 112 cm³/mol. The Morgan fingerprint density at radius 1 is 0.760 bits per heavy atom. The van der Waals surface area contributed by atoms with Crippen LogP contribution in [0.25, 0.3) is 0 Å². The average molecular weight is 337 g/mol. The Labute approximate surface area is 155 Å². The summed E-state index contributed by atoms with van der Waals surface area (Å²) in [7, 11) is 0. The van der Waals surface area contributed by atoms with Crippen LogP contribution in [0.4, 0.5) is 0 Å². The number of hydrogen-bond donors (Lipinski definition) is 0. The van der Waals surface area contributed by atoms with Gasteiger partial charge in [0.2, 0.25) is 0 Å². The largest absolute Gasteiger partial charge is 0.0625 e. The van der Waals surface area contributed by atoms with Crippen molar-refractivity contribution in [2.24, 2.45) is 11.3 Å². The minimum Gasteiger partial charge on any atom is -0.0625 e. The van der Waals surface area contributed by atoms with E-state index in [0.717, 1.165) is 0 Å². The van der Waals surface area contributed by atoms with E-state index in [0.29, 0.717) is 17.3 Å². The number of benzene rings is 2. The molecule has 2 rings (SSSR count). The lowest BCUT2D eigenvalue weighted by Gasteiger charge is -2.29. The number of aryl methyl sites for hydroxylation is 4. The Morgan fingerprint density at radius 2 is 1.20 bits per heavy atom. The molecular formula is C25H36. The smallest absolute Gasteiger partial charge is 0.00971 e. The predicted octanol–water partition coefficient (Wildman–Crippen LogP) is 7.51. The Hall–Kier alpha value is -1.56. The van der Waals surface area contributed by atoms with E-state index in [4.69, 9.17) is 0 Å². The standard InChI is InChI=1S/C25H36/c1-17-9-11-22(20(4)13-17)24(15-19(3)16-25(6,7)8)23-12-10-18(2)14-21(23)5/h9-14,19,24H,15-16H2,1-8H3. The summed E-state index contributed by atoms with van der Waals surface area (Å²) in [5.41, 5.74) is 8.93. The van der Waals surface area contributed by atoms with Crippen LogP contribution in [-0.2, 0) is 0 Å². The van der Waals surface area contributed by atoms with Crippen molar-refractivity contribution < 1.29 is 0 Å². The highest BCUT2D eigenvalue weighted by Crippen LogP contribution is 2.38. The van der Waals surface area contributed by atoms with Gasteiger partial charge in [-0.15, -0.1) is 0 Å². The van der Waals surface area contributed by atoms with Crippen LogP contribution in [0.15, 0.2) is 36.4 Å². The highest BCUT2D eigenvalue weighted by atomic mass is 14.3. The minimum absolute atomic E-state index is 0.384. The van der Waals surface area contributed by atoms with Gasteiger partial charge in [-0.05, 0) is 74.1 Å². The average Bonchev–Trinajstić information content (AvgIpc) is 2.44. The van der Waals surface area contributed by atoms with Crippen molar-refractivity contribution >= 4 is 0 Å².